The van der Waals surface area contributed by atoms with Gasteiger partial charge in [-0.05, 0) is 31.0 Å². The Morgan fingerprint density at radius 2 is 2.11 bits per heavy atom. The van der Waals surface area contributed by atoms with Crippen LogP contribution in [0.3, 0.4) is 0 Å². The molecule has 0 aliphatic heterocycles. The highest BCUT2D eigenvalue weighted by Gasteiger charge is 2.12. The smallest absolute Gasteiger partial charge is 0.227 e. The Balaban J connectivity index is 0.00000289. The van der Waals surface area contributed by atoms with E-state index in [1.54, 1.807) is 7.11 Å². The van der Waals surface area contributed by atoms with Crippen LogP contribution in [-0.4, -0.2) is 25.7 Å². The van der Waals surface area contributed by atoms with Crippen LogP contribution >= 0.6 is 12.4 Å². The van der Waals surface area contributed by atoms with Crippen LogP contribution in [0.25, 0.3) is 0 Å². The van der Waals surface area contributed by atoms with Crippen molar-refractivity contribution in [2.24, 2.45) is 5.73 Å². The first-order valence-electron chi connectivity index (χ1n) is 5.67. The molecule has 1 aromatic rings. The molecule has 0 heterocycles. The van der Waals surface area contributed by atoms with Gasteiger partial charge in [0.05, 0.1) is 12.5 Å². The Hall–Kier alpha value is -1.10. The van der Waals surface area contributed by atoms with Gasteiger partial charge in [-0.2, -0.15) is 0 Å². The zero-order valence-electron chi connectivity index (χ0n) is 11.0. The standard InChI is InChI=1S/C13H20N2O2.ClH/c1-9-5-4-6-12(10(9)2)15-13(16)7-11(8-14)17-3;/h4-6,11H,7-8,14H2,1-3H3,(H,15,16);1H. The third-order valence-electron chi connectivity index (χ3n) is 2.89. The molecule has 0 saturated heterocycles. The molecule has 1 amide bonds. The van der Waals surface area contributed by atoms with Crippen molar-refractivity contribution in [3.05, 3.63) is 29.3 Å². The predicted octanol–water partition coefficient (Wildman–Crippen LogP) is 2.03. The van der Waals surface area contributed by atoms with E-state index < -0.39 is 0 Å². The van der Waals surface area contributed by atoms with Gasteiger partial charge in [-0.25, -0.2) is 0 Å². The normalized spacial score (nSPS) is 11.6. The summed E-state index contributed by atoms with van der Waals surface area (Å²) in [5.74, 6) is -0.0731. The monoisotopic (exact) mass is 272 g/mol. The number of nitrogens with two attached hydrogens (primary N) is 1. The lowest BCUT2D eigenvalue weighted by atomic mass is 10.1. The highest BCUT2D eigenvalue weighted by molar-refractivity contribution is 5.92. The van der Waals surface area contributed by atoms with Gasteiger partial charge in [0.15, 0.2) is 0 Å². The number of methoxy groups -OCH3 is 1. The van der Waals surface area contributed by atoms with Crippen LogP contribution < -0.4 is 11.1 Å². The number of rotatable bonds is 5. The van der Waals surface area contributed by atoms with E-state index in [2.05, 4.69) is 5.32 Å². The Bertz CT molecular complexity index is 393. The van der Waals surface area contributed by atoms with Crippen LogP contribution in [0.15, 0.2) is 18.2 Å². The van der Waals surface area contributed by atoms with E-state index in [4.69, 9.17) is 10.5 Å². The predicted molar refractivity (Wildman–Crippen MR) is 76.3 cm³/mol. The van der Waals surface area contributed by atoms with Gasteiger partial charge in [0.1, 0.15) is 0 Å². The summed E-state index contributed by atoms with van der Waals surface area (Å²) >= 11 is 0. The SMILES string of the molecule is COC(CN)CC(=O)Nc1cccc(C)c1C.Cl. The molecule has 0 aromatic heterocycles. The minimum Gasteiger partial charge on any atom is -0.380 e. The molecule has 1 aromatic carbocycles. The van der Waals surface area contributed by atoms with Crippen molar-refractivity contribution in [3.8, 4) is 0 Å². The van der Waals surface area contributed by atoms with Crippen LogP contribution in [0.5, 0.6) is 0 Å². The summed E-state index contributed by atoms with van der Waals surface area (Å²) in [7, 11) is 1.56. The Kier molecular flexibility index (Phi) is 7.59. The second-order valence-corrected chi connectivity index (χ2v) is 4.09. The second-order valence-electron chi connectivity index (χ2n) is 4.09. The van der Waals surface area contributed by atoms with E-state index in [1.807, 2.05) is 32.0 Å². The zero-order chi connectivity index (χ0) is 12.8. The molecule has 1 unspecified atom stereocenters. The average Bonchev–Trinajstić information content (AvgIpc) is 2.32. The van der Waals surface area contributed by atoms with Crippen LogP contribution in [0.1, 0.15) is 17.5 Å². The molecule has 0 fully saturated rings. The fourth-order valence-corrected chi connectivity index (χ4v) is 1.56. The number of anilines is 1. The van der Waals surface area contributed by atoms with Gasteiger partial charge in [-0.15, -0.1) is 12.4 Å². The van der Waals surface area contributed by atoms with Crippen molar-refractivity contribution in [1.29, 1.82) is 0 Å². The van der Waals surface area contributed by atoms with E-state index in [9.17, 15) is 4.79 Å². The van der Waals surface area contributed by atoms with Crippen molar-refractivity contribution in [1.82, 2.24) is 0 Å². The van der Waals surface area contributed by atoms with Crippen molar-refractivity contribution in [2.75, 3.05) is 19.0 Å². The third kappa shape index (κ3) is 4.64. The summed E-state index contributed by atoms with van der Waals surface area (Å²) in [4.78, 5) is 11.8. The van der Waals surface area contributed by atoms with Gasteiger partial charge in [0.25, 0.3) is 0 Å². The molecule has 0 aliphatic rings. The molecule has 0 saturated carbocycles. The van der Waals surface area contributed by atoms with Crippen LogP contribution in [0, 0.1) is 13.8 Å². The molecule has 1 rings (SSSR count). The molecule has 4 nitrogen and oxygen atoms in total. The lowest BCUT2D eigenvalue weighted by Crippen LogP contribution is -2.28. The minimum absolute atomic E-state index is 0. The number of nitrogens with one attached hydrogen (secondary N) is 1. The van der Waals surface area contributed by atoms with E-state index in [0.717, 1.165) is 16.8 Å². The molecule has 102 valence electrons. The van der Waals surface area contributed by atoms with E-state index in [-0.39, 0.29) is 30.8 Å². The number of benzene rings is 1. The summed E-state index contributed by atoms with van der Waals surface area (Å²) in [6, 6.07) is 5.84. The van der Waals surface area contributed by atoms with Crippen LogP contribution in [0.2, 0.25) is 0 Å². The fourth-order valence-electron chi connectivity index (χ4n) is 1.56. The van der Waals surface area contributed by atoms with Crippen molar-refractivity contribution in [2.45, 2.75) is 26.4 Å². The summed E-state index contributed by atoms with van der Waals surface area (Å²) in [6.07, 6.45) is 0.0560. The molecular formula is C13H21ClN2O2. The summed E-state index contributed by atoms with van der Waals surface area (Å²) in [5.41, 5.74) is 8.57. The molecule has 18 heavy (non-hydrogen) atoms. The second kappa shape index (κ2) is 8.08. The molecule has 0 bridgehead atoms. The van der Waals surface area contributed by atoms with Gasteiger partial charge in [-0.3, -0.25) is 4.79 Å². The van der Waals surface area contributed by atoms with Gasteiger partial charge in [0, 0.05) is 19.3 Å². The topological polar surface area (TPSA) is 64.3 Å². The minimum atomic E-state index is -0.222. The van der Waals surface area contributed by atoms with Crippen molar-refractivity contribution < 1.29 is 9.53 Å². The average molecular weight is 273 g/mol. The molecule has 0 radical (unpaired) electrons. The number of hydrogen-bond donors (Lipinski definition) is 2. The zero-order valence-corrected chi connectivity index (χ0v) is 11.8. The maximum atomic E-state index is 11.8. The first kappa shape index (κ1) is 16.9. The van der Waals surface area contributed by atoms with E-state index in [0.29, 0.717) is 6.54 Å². The number of hydrogen-bond acceptors (Lipinski definition) is 3. The summed E-state index contributed by atoms with van der Waals surface area (Å²) in [5, 5.41) is 2.88. The maximum Gasteiger partial charge on any atom is 0.227 e. The summed E-state index contributed by atoms with van der Waals surface area (Å²) < 4.78 is 5.08. The first-order chi connectivity index (χ1) is 8.08. The lowest BCUT2D eigenvalue weighted by molar-refractivity contribution is -0.118. The van der Waals surface area contributed by atoms with Crippen LogP contribution in [0.4, 0.5) is 5.69 Å². The van der Waals surface area contributed by atoms with Crippen LogP contribution in [-0.2, 0) is 9.53 Å². The highest BCUT2D eigenvalue weighted by atomic mass is 35.5. The van der Waals surface area contributed by atoms with Gasteiger partial charge in [0.2, 0.25) is 5.91 Å². The Morgan fingerprint density at radius 1 is 1.44 bits per heavy atom. The van der Waals surface area contributed by atoms with Crippen molar-refractivity contribution >= 4 is 24.0 Å². The van der Waals surface area contributed by atoms with Crippen molar-refractivity contribution in [3.63, 3.8) is 0 Å². The summed E-state index contributed by atoms with van der Waals surface area (Å²) in [6.45, 7) is 4.35. The number of aryl methyl sites for hydroxylation is 1. The Morgan fingerprint density at radius 3 is 2.67 bits per heavy atom. The first-order valence-corrected chi connectivity index (χ1v) is 5.67. The molecule has 1 atom stereocenters. The number of halogens is 1. The number of ether oxygens (including phenoxy) is 1. The molecule has 0 aliphatic carbocycles. The Labute approximate surface area is 114 Å². The highest BCUT2D eigenvalue weighted by Crippen LogP contribution is 2.18. The molecule has 3 N–H and O–H groups in total. The van der Waals surface area contributed by atoms with Gasteiger partial charge < -0.3 is 15.8 Å². The van der Waals surface area contributed by atoms with Gasteiger partial charge >= 0.3 is 0 Å². The third-order valence-corrected chi connectivity index (χ3v) is 2.89. The van der Waals surface area contributed by atoms with Gasteiger partial charge in [-0.1, -0.05) is 12.1 Å². The number of amides is 1. The maximum absolute atomic E-state index is 11.8. The largest absolute Gasteiger partial charge is 0.380 e. The van der Waals surface area contributed by atoms with E-state index >= 15 is 0 Å². The number of carbonyl (C=O) groups is 1. The molecule has 0 spiro atoms. The fraction of sp³-hybridized carbons (Fsp3) is 0.462. The molecular weight excluding hydrogens is 252 g/mol. The number of carbonyl (C=O) groups excluding carboxylic acids is 1. The quantitative estimate of drug-likeness (QED) is 0.862. The van der Waals surface area contributed by atoms with E-state index in [1.165, 1.54) is 0 Å². The lowest BCUT2D eigenvalue weighted by Gasteiger charge is -2.14. The molecule has 5 heteroatoms.